The first-order chi connectivity index (χ1) is 15.7. The maximum absolute atomic E-state index is 12.4. The van der Waals surface area contributed by atoms with E-state index in [2.05, 4.69) is 19.1 Å². The molecular weight excluding hydrogens is 412 g/mol. The minimum absolute atomic E-state index is 0.0349. The molecule has 0 aromatic heterocycles. The molecule has 0 radical (unpaired) electrons. The Kier molecular flexibility index (Phi) is 4.69. The molecular formula is C29H36O4. The normalized spacial score (nSPS) is 43.2. The molecule has 0 heterocycles. The van der Waals surface area contributed by atoms with Crippen LogP contribution in [0.15, 0.2) is 29.8 Å². The molecule has 4 nitrogen and oxygen atoms in total. The van der Waals surface area contributed by atoms with Crippen molar-refractivity contribution >= 4 is 11.6 Å². The molecule has 1 spiro atoms. The molecule has 3 saturated carbocycles. The maximum Gasteiger partial charge on any atom is 0.159 e. The summed E-state index contributed by atoms with van der Waals surface area (Å²) in [6.07, 6.45) is 9.45. The number of ether oxygens (including phenoxy) is 1. The Labute approximate surface area is 196 Å². The predicted molar refractivity (Wildman–Crippen MR) is 126 cm³/mol. The van der Waals surface area contributed by atoms with Gasteiger partial charge in [-0.3, -0.25) is 9.59 Å². The number of ketones is 2. The van der Waals surface area contributed by atoms with Gasteiger partial charge in [0.05, 0.1) is 12.2 Å². The second-order valence-electron chi connectivity index (χ2n) is 12.0. The fourth-order valence-electron chi connectivity index (χ4n) is 9.40. The van der Waals surface area contributed by atoms with Crippen LogP contribution >= 0.6 is 0 Å². The highest BCUT2D eigenvalue weighted by atomic mass is 16.5. The largest absolute Gasteiger partial charge is 0.387 e. The van der Waals surface area contributed by atoms with Gasteiger partial charge < -0.3 is 9.84 Å². The van der Waals surface area contributed by atoms with Gasteiger partial charge in [0.15, 0.2) is 11.6 Å². The number of hydrogen-bond donors (Lipinski definition) is 1. The van der Waals surface area contributed by atoms with Gasteiger partial charge in [-0.2, -0.15) is 0 Å². The topological polar surface area (TPSA) is 63.6 Å². The van der Waals surface area contributed by atoms with Gasteiger partial charge in [0, 0.05) is 24.5 Å². The summed E-state index contributed by atoms with van der Waals surface area (Å²) in [5, 5.41) is 11.8. The van der Waals surface area contributed by atoms with Crippen molar-refractivity contribution in [3.8, 4) is 0 Å². The first kappa shape index (κ1) is 21.7. The van der Waals surface area contributed by atoms with Gasteiger partial charge >= 0.3 is 0 Å². The zero-order chi connectivity index (χ0) is 23.2. The first-order valence-electron chi connectivity index (χ1n) is 12.8. The highest BCUT2D eigenvalue weighted by Gasteiger charge is 2.68. The summed E-state index contributed by atoms with van der Waals surface area (Å²) in [5.74, 6) is 2.31. The average molecular weight is 449 g/mol. The first-order valence-corrected chi connectivity index (χ1v) is 12.8. The molecule has 7 atom stereocenters. The van der Waals surface area contributed by atoms with E-state index in [9.17, 15) is 14.7 Å². The number of rotatable bonds is 3. The van der Waals surface area contributed by atoms with Crippen molar-refractivity contribution in [3.05, 3.63) is 46.5 Å². The Morgan fingerprint density at radius 2 is 2.03 bits per heavy atom. The molecule has 6 rings (SSSR count). The standard InChI is InChI=1S/C29H36O4/c1-17(30)18-4-6-22-19(12-18)14-28-10-8-21(31)13-20(28)5-7-23-25-9-11-29(32,16-33-3)27(25,2)15-24(22)26(23)28/h4,6,12-13,23-26,32H,5,7-11,14-16H2,1-3H3/t23-,24+,25-,26+,27-,28+,29+/m0/s1. The number of aliphatic hydroxyl groups is 1. The molecule has 0 bridgehead atoms. The Morgan fingerprint density at radius 1 is 1.21 bits per heavy atom. The van der Waals surface area contributed by atoms with Crippen LogP contribution in [0, 0.1) is 28.6 Å². The summed E-state index contributed by atoms with van der Waals surface area (Å²) in [6, 6.07) is 6.34. The summed E-state index contributed by atoms with van der Waals surface area (Å²) < 4.78 is 5.56. The summed E-state index contributed by atoms with van der Waals surface area (Å²) in [4.78, 5) is 24.7. The number of methoxy groups -OCH3 is 1. The van der Waals surface area contributed by atoms with Crippen molar-refractivity contribution in [3.63, 3.8) is 0 Å². The van der Waals surface area contributed by atoms with Crippen molar-refractivity contribution in [2.45, 2.75) is 76.7 Å². The molecule has 0 unspecified atom stereocenters. The third kappa shape index (κ3) is 2.77. The highest BCUT2D eigenvalue weighted by Crippen LogP contribution is 2.73. The zero-order valence-corrected chi connectivity index (χ0v) is 20.2. The second kappa shape index (κ2) is 7.11. The van der Waals surface area contributed by atoms with Crippen molar-refractivity contribution in [1.82, 2.24) is 0 Å². The van der Waals surface area contributed by atoms with Gasteiger partial charge in [-0.25, -0.2) is 0 Å². The minimum atomic E-state index is -0.792. The fraction of sp³-hybridized carbons (Fsp3) is 0.655. The van der Waals surface area contributed by atoms with Crippen LogP contribution in [0.2, 0.25) is 0 Å². The van der Waals surface area contributed by atoms with Gasteiger partial charge in [0.2, 0.25) is 0 Å². The SMILES string of the molecule is COC[C@]1(O)CC[C@H]2[C@@H]3CCC4=CC(=O)CC[C@@]45Cc4cc(C(C)=O)ccc4[C@@H](C[C@@]21C)[C@@H]35. The van der Waals surface area contributed by atoms with E-state index in [4.69, 9.17) is 4.74 Å². The minimum Gasteiger partial charge on any atom is -0.387 e. The average Bonchev–Trinajstić information content (AvgIpc) is 3.04. The lowest BCUT2D eigenvalue weighted by molar-refractivity contribution is -0.161. The van der Waals surface area contributed by atoms with Crippen molar-refractivity contribution in [2.75, 3.05) is 13.7 Å². The molecule has 1 aromatic carbocycles. The Balaban J connectivity index is 1.54. The summed E-state index contributed by atoms with van der Waals surface area (Å²) >= 11 is 0. The van der Waals surface area contributed by atoms with Gasteiger partial charge in [-0.1, -0.05) is 24.6 Å². The predicted octanol–water partition coefficient (Wildman–Crippen LogP) is 5.03. The molecule has 176 valence electrons. The molecule has 1 N–H and O–H groups in total. The third-order valence-electron chi connectivity index (χ3n) is 10.8. The van der Waals surface area contributed by atoms with Crippen LogP contribution in [-0.4, -0.2) is 36.0 Å². The van der Waals surface area contributed by atoms with E-state index in [1.165, 1.54) is 16.7 Å². The lowest BCUT2D eigenvalue weighted by Gasteiger charge is -2.65. The molecule has 3 fully saturated rings. The molecule has 0 aliphatic heterocycles. The Bertz CT molecular complexity index is 1070. The van der Waals surface area contributed by atoms with Gasteiger partial charge in [-0.15, -0.1) is 0 Å². The molecule has 4 heteroatoms. The molecule has 0 saturated heterocycles. The van der Waals surface area contributed by atoms with E-state index in [0.717, 1.165) is 50.5 Å². The lowest BCUT2D eigenvalue weighted by Crippen LogP contribution is -2.60. The highest BCUT2D eigenvalue weighted by molar-refractivity contribution is 5.94. The second-order valence-corrected chi connectivity index (χ2v) is 12.0. The van der Waals surface area contributed by atoms with E-state index in [1.807, 2.05) is 12.1 Å². The monoisotopic (exact) mass is 448 g/mol. The van der Waals surface area contributed by atoms with Crippen molar-refractivity contribution < 1.29 is 19.4 Å². The lowest BCUT2D eigenvalue weighted by atomic mass is 9.39. The van der Waals surface area contributed by atoms with Gasteiger partial charge in [0.25, 0.3) is 0 Å². The van der Waals surface area contributed by atoms with Crippen LogP contribution in [0.25, 0.3) is 0 Å². The van der Waals surface area contributed by atoms with E-state index in [1.54, 1.807) is 14.0 Å². The van der Waals surface area contributed by atoms with E-state index in [0.29, 0.717) is 36.7 Å². The van der Waals surface area contributed by atoms with Crippen LogP contribution in [0.4, 0.5) is 0 Å². The van der Waals surface area contributed by atoms with E-state index < -0.39 is 5.60 Å². The quantitative estimate of drug-likeness (QED) is 0.659. The number of fused-ring (bicyclic) bond motifs is 4. The summed E-state index contributed by atoms with van der Waals surface area (Å²) in [7, 11) is 1.70. The van der Waals surface area contributed by atoms with E-state index >= 15 is 0 Å². The summed E-state index contributed by atoms with van der Waals surface area (Å²) in [5.41, 5.74) is 3.89. The molecule has 0 amide bonds. The van der Waals surface area contributed by atoms with Crippen LogP contribution in [0.5, 0.6) is 0 Å². The number of hydrogen-bond acceptors (Lipinski definition) is 4. The van der Waals surface area contributed by atoms with Crippen LogP contribution in [0.3, 0.4) is 0 Å². The molecule has 5 aliphatic carbocycles. The number of carbonyl (C=O) groups excluding carboxylic acids is 2. The zero-order valence-electron chi connectivity index (χ0n) is 20.2. The smallest absolute Gasteiger partial charge is 0.159 e. The number of allylic oxidation sites excluding steroid dienone is 1. The number of benzene rings is 1. The molecule has 33 heavy (non-hydrogen) atoms. The summed E-state index contributed by atoms with van der Waals surface area (Å²) in [6.45, 7) is 4.36. The molecule has 1 aromatic rings. The van der Waals surface area contributed by atoms with Crippen LogP contribution in [0.1, 0.15) is 86.2 Å². The van der Waals surface area contributed by atoms with Crippen molar-refractivity contribution in [1.29, 1.82) is 0 Å². The van der Waals surface area contributed by atoms with Crippen LogP contribution in [-0.2, 0) is 16.0 Å². The van der Waals surface area contributed by atoms with E-state index in [-0.39, 0.29) is 22.4 Å². The molecule has 5 aliphatic rings. The van der Waals surface area contributed by atoms with Crippen molar-refractivity contribution in [2.24, 2.45) is 28.6 Å². The number of Topliss-reactive ketones (excluding diaryl/α,β-unsaturated/α-hetero) is 1. The Hall–Kier alpha value is -1.78. The van der Waals surface area contributed by atoms with Gasteiger partial charge in [-0.05, 0) is 104 Å². The van der Waals surface area contributed by atoms with Gasteiger partial charge in [0.1, 0.15) is 0 Å². The fourth-order valence-corrected chi connectivity index (χ4v) is 9.40. The maximum atomic E-state index is 12.4. The Morgan fingerprint density at radius 3 is 2.79 bits per heavy atom. The number of carbonyl (C=O) groups is 2. The van der Waals surface area contributed by atoms with Crippen LogP contribution < -0.4 is 0 Å². The third-order valence-corrected chi connectivity index (χ3v) is 10.8.